The second kappa shape index (κ2) is 7.09. The highest BCUT2D eigenvalue weighted by atomic mass is 16.5. The average Bonchev–Trinajstić information content (AvgIpc) is 3.03. The molecule has 6 heteroatoms. The fourth-order valence-electron chi connectivity index (χ4n) is 2.62. The Labute approximate surface area is 145 Å². The van der Waals surface area contributed by atoms with Crippen molar-refractivity contribution in [2.75, 3.05) is 19.5 Å². The number of ether oxygens (including phenoxy) is 2. The van der Waals surface area contributed by atoms with Crippen molar-refractivity contribution in [2.24, 2.45) is 0 Å². The van der Waals surface area contributed by atoms with E-state index in [0.717, 1.165) is 16.6 Å². The number of amides is 1. The Morgan fingerprint density at radius 1 is 1.20 bits per heavy atom. The summed E-state index contributed by atoms with van der Waals surface area (Å²) in [4.78, 5) is 20.1. The summed E-state index contributed by atoms with van der Waals surface area (Å²) < 4.78 is 10.7. The molecular weight excluding hydrogens is 318 g/mol. The van der Waals surface area contributed by atoms with Gasteiger partial charge in [0.05, 0.1) is 25.3 Å². The monoisotopic (exact) mass is 337 g/mol. The first kappa shape index (κ1) is 16.6. The van der Waals surface area contributed by atoms with Crippen molar-refractivity contribution in [1.29, 1.82) is 0 Å². The zero-order valence-electron chi connectivity index (χ0n) is 14.3. The summed E-state index contributed by atoms with van der Waals surface area (Å²) in [6, 6.07) is 11.0. The molecular formula is C19H19N3O3. The Kier molecular flexibility index (Phi) is 4.70. The molecule has 0 fully saturated rings. The van der Waals surface area contributed by atoms with E-state index in [4.69, 9.17) is 9.47 Å². The van der Waals surface area contributed by atoms with Gasteiger partial charge in [-0.3, -0.25) is 10.1 Å². The molecule has 0 atom stereocenters. The van der Waals surface area contributed by atoms with Crippen LogP contribution in [0.4, 0.5) is 5.95 Å². The molecule has 0 spiro atoms. The number of methoxy groups -OCH3 is 2. The summed E-state index contributed by atoms with van der Waals surface area (Å²) in [5.74, 6) is 1.19. The van der Waals surface area contributed by atoms with E-state index in [0.29, 0.717) is 23.0 Å². The minimum absolute atomic E-state index is 0.286. The van der Waals surface area contributed by atoms with Crippen LogP contribution in [-0.2, 0) is 0 Å². The van der Waals surface area contributed by atoms with Gasteiger partial charge in [0.15, 0.2) is 11.5 Å². The number of anilines is 1. The molecule has 128 valence electrons. The molecule has 0 bridgehead atoms. The van der Waals surface area contributed by atoms with Crippen molar-refractivity contribution in [3.8, 4) is 11.5 Å². The third-order valence-corrected chi connectivity index (χ3v) is 3.74. The number of allylic oxidation sites excluding steroid dienone is 1. The zero-order chi connectivity index (χ0) is 17.8. The van der Waals surface area contributed by atoms with Gasteiger partial charge in [-0.05, 0) is 31.2 Å². The first-order valence-electron chi connectivity index (χ1n) is 7.81. The Balaban J connectivity index is 1.94. The van der Waals surface area contributed by atoms with Gasteiger partial charge in [0.25, 0.3) is 5.91 Å². The Morgan fingerprint density at radius 2 is 2.00 bits per heavy atom. The number of aromatic nitrogens is 2. The SMILES string of the molecule is C/C=C/c1cc(C(=O)Nc2nc3ccccc3[nH]2)cc(OC)c1OC. The van der Waals surface area contributed by atoms with Gasteiger partial charge >= 0.3 is 0 Å². The fourth-order valence-corrected chi connectivity index (χ4v) is 2.62. The molecule has 0 aliphatic carbocycles. The summed E-state index contributed by atoms with van der Waals surface area (Å²) >= 11 is 0. The van der Waals surface area contributed by atoms with E-state index in [1.807, 2.05) is 43.3 Å². The lowest BCUT2D eigenvalue weighted by Gasteiger charge is -2.13. The van der Waals surface area contributed by atoms with Crippen LogP contribution in [0.5, 0.6) is 11.5 Å². The molecule has 2 aromatic carbocycles. The molecule has 3 rings (SSSR count). The number of nitrogens with zero attached hydrogens (tertiary/aromatic N) is 1. The van der Waals surface area contributed by atoms with Crippen molar-refractivity contribution < 1.29 is 14.3 Å². The van der Waals surface area contributed by atoms with E-state index in [2.05, 4.69) is 15.3 Å². The van der Waals surface area contributed by atoms with Crippen LogP contribution in [-0.4, -0.2) is 30.1 Å². The second-order valence-electron chi connectivity index (χ2n) is 5.36. The fraction of sp³-hybridized carbons (Fsp3) is 0.158. The number of carbonyl (C=O) groups is 1. The molecule has 0 saturated carbocycles. The molecule has 1 heterocycles. The Morgan fingerprint density at radius 3 is 2.68 bits per heavy atom. The van der Waals surface area contributed by atoms with Crippen LogP contribution in [0.15, 0.2) is 42.5 Å². The number of H-pyrrole nitrogens is 1. The van der Waals surface area contributed by atoms with Gasteiger partial charge in [0, 0.05) is 11.1 Å². The molecule has 1 amide bonds. The first-order valence-corrected chi connectivity index (χ1v) is 7.81. The molecule has 0 saturated heterocycles. The van der Waals surface area contributed by atoms with Crippen LogP contribution in [0.25, 0.3) is 17.1 Å². The molecule has 1 aromatic heterocycles. The predicted molar refractivity (Wildman–Crippen MR) is 98.3 cm³/mol. The molecule has 3 aromatic rings. The standard InChI is InChI=1S/C19H19N3O3/c1-4-7-12-10-13(11-16(24-2)17(12)25-3)18(23)22-19-20-14-8-5-6-9-15(14)21-19/h4-11H,1-3H3,(H2,20,21,22,23)/b7-4+. The van der Waals surface area contributed by atoms with Gasteiger partial charge in [-0.25, -0.2) is 4.98 Å². The van der Waals surface area contributed by atoms with Crippen molar-refractivity contribution in [2.45, 2.75) is 6.92 Å². The number of carbonyl (C=O) groups excluding carboxylic acids is 1. The highest BCUT2D eigenvalue weighted by Gasteiger charge is 2.16. The maximum Gasteiger partial charge on any atom is 0.258 e. The predicted octanol–water partition coefficient (Wildman–Crippen LogP) is 3.87. The van der Waals surface area contributed by atoms with Gasteiger partial charge in [0.1, 0.15) is 0 Å². The van der Waals surface area contributed by atoms with Crippen LogP contribution >= 0.6 is 0 Å². The number of hydrogen-bond donors (Lipinski definition) is 2. The molecule has 0 unspecified atom stereocenters. The minimum atomic E-state index is -0.286. The summed E-state index contributed by atoms with van der Waals surface area (Å²) in [6.45, 7) is 1.90. The number of fused-ring (bicyclic) bond motifs is 1. The van der Waals surface area contributed by atoms with Crippen molar-refractivity contribution in [3.05, 3.63) is 53.6 Å². The third kappa shape index (κ3) is 3.33. The highest BCUT2D eigenvalue weighted by molar-refractivity contribution is 6.05. The van der Waals surface area contributed by atoms with Gasteiger partial charge in [-0.2, -0.15) is 0 Å². The van der Waals surface area contributed by atoms with Crippen LogP contribution in [0.3, 0.4) is 0 Å². The molecule has 0 aliphatic heterocycles. The van der Waals surface area contributed by atoms with Gasteiger partial charge in [0.2, 0.25) is 5.95 Å². The third-order valence-electron chi connectivity index (χ3n) is 3.74. The van der Waals surface area contributed by atoms with Crippen LogP contribution in [0.2, 0.25) is 0 Å². The first-order chi connectivity index (χ1) is 12.2. The van der Waals surface area contributed by atoms with Gasteiger partial charge < -0.3 is 14.5 Å². The number of imidazole rings is 1. The van der Waals surface area contributed by atoms with Crippen molar-refractivity contribution in [3.63, 3.8) is 0 Å². The lowest BCUT2D eigenvalue weighted by Crippen LogP contribution is -2.13. The Hall–Kier alpha value is -3.28. The molecule has 6 nitrogen and oxygen atoms in total. The van der Waals surface area contributed by atoms with E-state index in [1.165, 1.54) is 7.11 Å². The lowest BCUT2D eigenvalue weighted by atomic mass is 10.1. The van der Waals surface area contributed by atoms with E-state index in [1.54, 1.807) is 19.2 Å². The minimum Gasteiger partial charge on any atom is -0.493 e. The van der Waals surface area contributed by atoms with Crippen molar-refractivity contribution in [1.82, 2.24) is 9.97 Å². The number of rotatable bonds is 5. The van der Waals surface area contributed by atoms with Gasteiger partial charge in [-0.15, -0.1) is 0 Å². The van der Waals surface area contributed by atoms with Crippen LogP contribution in [0, 0.1) is 0 Å². The number of nitrogens with one attached hydrogen (secondary N) is 2. The number of aromatic amines is 1. The lowest BCUT2D eigenvalue weighted by molar-refractivity contribution is 0.102. The quantitative estimate of drug-likeness (QED) is 0.741. The van der Waals surface area contributed by atoms with E-state index < -0.39 is 0 Å². The normalized spacial score (nSPS) is 11.0. The number of hydrogen-bond acceptors (Lipinski definition) is 4. The summed E-state index contributed by atoms with van der Waals surface area (Å²) in [5, 5.41) is 2.78. The van der Waals surface area contributed by atoms with Crippen LogP contribution < -0.4 is 14.8 Å². The highest BCUT2D eigenvalue weighted by Crippen LogP contribution is 2.33. The average molecular weight is 337 g/mol. The second-order valence-corrected chi connectivity index (χ2v) is 5.36. The zero-order valence-corrected chi connectivity index (χ0v) is 14.3. The smallest absolute Gasteiger partial charge is 0.258 e. The summed E-state index contributed by atoms with van der Waals surface area (Å²) in [5.41, 5.74) is 2.87. The topological polar surface area (TPSA) is 76.2 Å². The number of para-hydroxylation sites is 2. The van der Waals surface area contributed by atoms with Crippen LogP contribution in [0.1, 0.15) is 22.8 Å². The largest absolute Gasteiger partial charge is 0.493 e. The summed E-state index contributed by atoms with van der Waals surface area (Å²) in [7, 11) is 3.11. The van der Waals surface area contributed by atoms with E-state index >= 15 is 0 Å². The Bertz CT molecular complexity index is 911. The molecule has 0 radical (unpaired) electrons. The maximum absolute atomic E-state index is 12.6. The van der Waals surface area contributed by atoms with E-state index in [9.17, 15) is 4.79 Å². The van der Waals surface area contributed by atoms with Gasteiger partial charge in [-0.1, -0.05) is 24.3 Å². The summed E-state index contributed by atoms with van der Waals surface area (Å²) in [6.07, 6.45) is 3.73. The van der Waals surface area contributed by atoms with E-state index in [-0.39, 0.29) is 5.91 Å². The number of benzene rings is 2. The van der Waals surface area contributed by atoms with Crippen molar-refractivity contribution >= 4 is 29.0 Å². The molecule has 0 aliphatic rings. The molecule has 2 N–H and O–H groups in total. The molecule has 25 heavy (non-hydrogen) atoms. The maximum atomic E-state index is 12.6.